The fourth-order valence-corrected chi connectivity index (χ4v) is 9.10. The zero-order chi connectivity index (χ0) is 48.6. The predicted octanol–water partition coefficient (Wildman–Crippen LogP) is 18.4. The van der Waals surface area contributed by atoms with E-state index in [0.717, 1.165) is 77.0 Å². The van der Waals surface area contributed by atoms with Crippen molar-refractivity contribution in [2.45, 2.75) is 328 Å². The molecule has 0 heterocycles. The minimum Gasteiger partial charge on any atom is -0.466 e. The Labute approximate surface area is 417 Å². The largest absolute Gasteiger partial charge is 0.466 e. The highest BCUT2D eigenvalue weighted by atomic mass is 16.5. The number of carbonyl (C=O) groups is 2. The lowest BCUT2D eigenvalue weighted by atomic mass is 10.0. The van der Waals surface area contributed by atoms with Gasteiger partial charge in [0.25, 0.3) is 0 Å². The van der Waals surface area contributed by atoms with E-state index in [1.807, 2.05) is 6.08 Å². The van der Waals surface area contributed by atoms with Crippen LogP contribution in [0.1, 0.15) is 316 Å². The maximum absolute atomic E-state index is 12.4. The van der Waals surface area contributed by atoms with Crippen LogP contribution in [0, 0.1) is 0 Å². The molecule has 0 aromatic rings. The smallest absolute Gasteiger partial charge is 0.305 e. The lowest BCUT2D eigenvalue weighted by Gasteiger charge is -2.20. The number of nitrogens with one attached hydrogen (secondary N) is 1. The summed E-state index contributed by atoms with van der Waals surface area (Å²) in [6.45, 7) is 4.87. The molecular weight excluding hydrogens is 827 g/mol. The highest BCUT2D eigenvalue weighted by Gasteiger charge is 2.18. The van der Waals surface area contributed by atoms with Crippen molar-refractivity contribution in [1.82, 2.24) is 5.32 Å². The van der Waals surface area contributed by atoms with Crippen LogP contribution in [0.4, 0.5) is 0 Å². The Kier molecular flexibility index (Phi) is 55.0. The lowest BCUT2D eigenvalue weighted by Crippen LogP contribution is -2.45. The van der Waals surface area contributed by atoms with Gasteiger partial charge in [0.2, 0.25) is 5.91 Å². The molecular formula is C61H115NO5. The van der Waals surface area contributed by atoms with Crippen molar-refractivity contribution in [1.29, 1.82) is 0 Å². The van der Waals surface area contributed by atoms with Crippen molar-refractivity contribution in [2.24, 2.45) is 0 Å². The van der Waals surface area contributed by atoms with Crippen molar-refractivity contribution >= 4 is 11.9 Å². The molecule has 0 bridgehead atoms. The van der Waals surface area contributed by atoms with Gasteiger partial charge in [0, 0.05) is 12.8 Å². The third-order valence-corrected chi connectivity index (χ3v) is 13.7. The summed E-state index contributed by atoms with van der Waals surface area (Å²) in [6.07, 6.45) is 70.3. The highest BCUT2D eigenvalue weighted by molar-refractivity contribution is 5.76. The number of aliphatic hydroxyl groups is 2. The minimum atomic E-state index is -0.851. The highest BCUT2D eigenvalue weighted by Crippen LogP contribution is 2.17. The number of carbonyl (C=O) groups excluding carboxylic acids is 2. The Bertz CT molecular complexity index is 1090. The third kappa shape index (κ3) is 53.3. The predicted molar refractivity (Wildman–Crippen MR) is 292 cm³/mol. The van der Waals surface area contributed by atoms with Crippen LogP contribution in [-0.4, -0.2) is 47.4 Å². The maximum atomic E-state index is 12.4. The zero-order valence-electron chi connectivity index (χ0n) is 44.9. The van der Waals surface area contributed by atoms with Gasteiger partial charge >= 0.3 is 5.97 Å². The van der Waals surface area contributed by atoms with Crippen LogP contribution in [0.3, 0.4) is 0 Å². The summed E-state index contributed by atoms with van der Waals surface area (Å²) in [5, 5.41) is 23.1. The summed E-state index contributed by atoms with van der Waals surface area (Å²) in [4.78, 5) is 24.5. The molecule has 0 fully saturated rings. The zero-order valence-corrected chi connectivity index (χ0v) is 44.9. The van der Waals surface area contributed by atoms with Crippen molar-refractivity contribution < 1.29 is 24.5 Å². The SMILES string of the molecule is CCCCCCCCCCCCCC/C=C/C(O)C(CO)NC(=O)CCCCCCCCCCCC/C=C\C=C/CCCCCOC(=O)CCCCCCCCCCCCCCCCCCC. The molecule has 394 valence electrons. The molecule has 67 heavy (non-hydrogen) atoms. The molecule has 2 unspecified atom stereocenters. The summed E-state index contributed by atoms with van der Waals surface area (Å²) < 4.78 is 5.47. The number of allylic oxidation sites excluding steroid dienone is 5. The molecule has 0 aromatic heterocycles. The van der Waals surface area contributed by atoms with Crippen LogP contribution in [0.25, 0.3) is 0 Å². The number of aliphatic hydroxyl groups excluding tert-OH is 2. The molecule has 0 aromatic carbocycles. The summed E-state index contributed by atoms with van der Waals surface area (Å²) in [7, 11) is 0. The first-order valence-corrected chi connectivity index (χ1v) is 29.8. The second-order valence-electron chi connectivity index (χ2n) is 20.4. The number of hydrogen-bond donors (Lipinski definition) is 3. The molecule has 0 saturated carbocycles. The fourth-order valence-electron chi connectivity index (χ4n) is 9.10. The van der Waals surface area contributed by atoms with E-state index in [4.69, 9.17) is 4.74 Å². The molecule has 0 aliphatic heterocycles. The Hall–Kier alpha value is -1.92. The number of unbranched alkanes of at least 4 members (excludes halogenated alkanes) is 41. The number of amides is 1. The first-order valence-electron chi connectivity index (χ1n) is 29.8. The molecule has 1 amide bonds. The molecule has 0 rings (SSSR count). The van der Waals surface area contributed by atoms with Crippen molar-refractivity contribution in [3.05, 3.63) is 36.5 Å². The fraction of sp³-hybridized carbons (Fsp3) is 0.869. The Morgan fingerprint density at radius 2 is 0.731 bits per heavy atom. The number of esters is 1. The normalized spacial score (nSPS) is 12.8. The third-order valence-electron chi connectivity index (χ3n) is 13.7. The Morgan fingerprint density at radius 3 is 1.10 bits per heavy atom. The number of hydrogen-bond acceptors (Lipinski definition) is 5. The standard InChI is InChI=1S/C61H115NO5/c1-3-5-7-9-11-13-15-17-19-23-27-31-35-39-43-47-51-55-61(66)67-56-52-48-44-40-36-32-28-25-22-20-21-24-26-30-34-38-42-46-50-54-60(65)62-58(57-63)59(64)53-49-45-41-37-33-29-18-16-14-12-10-8-6-4-2/h25,28,32,36,49,53,58-59,63-64H,3-24,26-27,29-31,33-35,37-48,50-52,54-57H2,1-2H3,(H,62,65)/b28-25-,36-32-,53-49+. The van der Waals surface area contributed by atoms with Crippen LogP contribution in [0.15, 0.2) is 36.5 Å². The quantitative estimate of drug-likeness (QED) is 0.0244. The molecule has 6 heteroatoms. The van der Waals surface area contributed by atoms with Crippen molar-refractivity contribution in [3.63, 3.8) is 0 Å². The van der Waals surface area contributed by atoms with Gasteiger partial charge < -0.3 is 20.3 Å². The second-order valence-corrected chi connectivity index (χ2v) is 20.4. The first kappa shape index (κ1) is 65.1. The maximum Gasteiger partial charge on any atom is 0.305 e. The molecule has 0 radical (unpaired) electrons. The van der Waals surface area contributed by atoms with Gasteiger partial charge in [-0.05, 0) is 64.2 Å². The van der Waals surface area contributed by atoms with E-state index in [0.29, 0.717) is 19.4 Å². The van der Waals surface area contributed by atoms with E-state index in [1.165, 1.54) is 212 Å². The van der Waals surface area contributed by atoms with E-state index in [2.05, 4.69) is 43.5 Å². The molecule has 0 aliphatic carbocycles. The van der Waals surface area contributed by atoms with Gasteiger partial charge in [-0.3, -0.25) is 9.59 Å². The van der Waals surface area contributed by atoms with Crippen LogP contribution in [0.2, 0.25) is 0 Å². The molecule has 0 aliphatic rings. The van der Waals surface area contributed by atoms with Crippen LogP contribution >= 0.6 is 0 Å². The molecule has 0 spiro atoms. The average Bonchev–Trinajstić information content (AvgIpc) is 3.33. The van der Waals surface area contributed by atoms with Gasteiger partial charge in [0.05, 0.1) is 25.4 Å². The van der Waals surface area contributed by atoms with Crippen LogP contribution in [0.5, 0.6) is 0 Å². The molecule has 6 nitrogen and oxygen atoms in total. The number of ether oxygens (including phenoxy) is 1. The van der Waals surface area contributed by atoms with Gasteiger partial charge in [-0.1, -0.05) is 275 Å². The van der Waals surface area contributed by atoms with Crippen LogP contribution in [-0.2, 0) is 14.3 Å². The minimum absolute atomic E-state index is 0.0103. The van der Waals surface area contributed by atoms with E-state index in [-0.39, 0.29) is 18.5 Å². The summed E-state index contributed by atoms with van der Waals surface area (Å²) in [5.41, 5.74) is 0. The summed E-state index contributed by atoms with van der Waals surface area (Å²) in [5.74, 6) is -0.0877. The van der Waals surface area contributed by atoms with Gasteiger partial charge in [-0.2, -0.15) is 0 Å². The second kappa shape index (κ2) is 56.7. The van der Waals surface area contributed by atoms with Gasteiger partial charge in [-0.15, -0.1) is 0 Å². The average molecular weight is 943 g/mol. The first-order chi connectivity index (χ1) is 33.0. The van der Waals surface area contributed by atoms with Gasteiger partial charge in [0.1, 0.15) is 0 Å². The van der Waals surface area contributed by atoms with E-state index in [1.54, 1.807) is 6.08 Å². The Balaban J connectivity index is 3.48. The van der Waals surface area contributed by atoms with Crippen molar-refractivity contribution in [3.8, 4) is 0 Å². The van der Waals surface area contributed by atoms with Crippen molar-refractivity contribution in [2.75, 3.05) is 13.2 Å². The summed E-state index contributed by atoms with van der Waals surface area (Å²) >= 11 is 0. The van der Waals surface area contributed by atoms with E-state index in [9.17, 15) is 19.8 Å². The molecule has 0 saturated heterocycles. The lowest BCUT2D eigenvalue weighted by molar-refractivity contribution is -0.143. The molecule has 2 atom stereocenters. The van der Waals surface area contributed by atoms with Crippen LogP contribution < -0.4 is 5.32 Å². The monoisotopic (exact) mass is 942 g/mol. The topological polar surface area (TPSA) is 95.9 Å². The molecule has 3 N–H and O–H groups in total. The van der Waals surface area contributed by atoms with E-state index >= 15 is 0 Å². The van der Waals surface area contributed by atoms with Gasteiger partial charge in [-0.25, -0.2) is 0 Å². The van der Waals surface area contributed by atoms with Gasteiger partial charge in [0.15, 0.2) is 0 Å². The number of rotatable bonds is 55. The summed E-state index contributed by atoms with van der Waals surface area (Å²) in [6, 6.07) is -0.635. The Morgan fingerprint density at radius 1 is 0.418 bits per heavy atom. The van der Waals surface area contributed by atoms with E-state index < -0.39 is 12.1 Å².